The van der Waals surface area contributed by atoms with Crippen LogP contribution in [0.5, 0.6) is 0 Å². The standard InChI is InChI=1S/C9H10N4O3/c10-8(15)6-2-1-3-13(4-6)5-7(14)12-9(11)16/h1-4H,5H2,(H4-,10,11,12,14,15,16)/p+1. The monoisotopic (exact) mass is 223 g/mol. The fourth-order valence-corrected chi connectivity index (χ4v) is 1.11. The quantitative estimate of drug-likeness (QED) is 0.528. The van der Waals surface area contributed by atoms with Gasteiger partial charge in [0.2, 0.25) is 6.54 Å². The Hall–Kier alpha value is -2.44. The molecular weight excluding hydrogens is 212 g/mol. The predicted molar refractivity (Wildman–Crippen MR) is 52.9 cm³/mol. The number of carbonyl (C=O) groups excluding carboxylic acids is 3. The number of hydrogen-bond acceptors (Lipinski definition) is 3. The fraction of sp³-hybridized carbons (Fsp3) is 0.111. The molecule has 0 saturated heterocycles. The van der Waals surface area contributed by atoms with Crippen molar-refractivity contribution in [2.45, 2.75) is 6.54 Å². The molecule has 0 aliphatic heterocycles. The Kier molecular flexibility index (Phi) is 3.54. The molecule has 0 aliphatic carbocycles. The lowest BCUT2D eigenvalue weighted by atomic mass is 10.3. The van der Waals surface area contributed by atoms with Crippen LogP contribution in [0.1, 0.15) is 10.4 Å². The molecule has 5 N–H and O–H groups in total. The number of imide groups is 1. The molecular formula is C9H11N4O3+. The normalized spacial score (nSPS) is 9.50. The molecule has 0 aliphatic rings. The molecule has 7 heteroatoms. The molecule has 0 spiro atoms. The maximum atomic E-state index is 11.2. The van der Waals surface area contributed by atoms with Crippen molar-refractivity contribution in [2.75, 3.05) is 0 Å². The molecule has 4 amide bonds. The molecule has 84 valence electrons. The van der Waals surface area contributed by atoms with Crippen LogP contribution in [-0.4, -0.2) is 17.8 Å². The number of nitrogens with two attached hydrogens (primary N) is 2. The van der Waals surface area contributed by atoms with Crippen LogP contribution in [0.15, 0.2) is 24.5 Å². The van der Waals surface area contributed by atoms with Crippen molar-refractivity contribution >= 4 is 17.8 Å². The number of hydrogen-bond donors (Lipinski definition) is 3. The van der Waals surface area contributed by atoms with Gasteiger partial charge in [0, 0.05) is 6.07 Å². The third-order valence-electron chi connectivity index (χ3n) is 1.73. The molecule has 0 unspecified atom stereocenters. The van der Waals surface area contributed by atoms with Crippen LogP contribution in [0.2, 0.25) is 0 Å². The second kappa shape index (κ2) is 4.87. The van der Waals surface area contributed by atoms with Crippen LogP contribution in [0.25, 0.3) is 0 Å². The van der Waals surface area contributed by atoms with E-state index in [1.165, 1.54) is 16.8 Å². The molecule has 1 heterocycles. The number of rotatable bonds is 3. The first kappa shape index (κ1) is 11.6. The van der Waals surface area contributed by atoms with Crippen molar-refractivity contribution in [2.24, 2.45) is 11.5 Å². The SMILES string of the molecule is NC(=O)NC(=O)C[n+]1cccc(C(N)=O)c1. The Morgan fingerprint density at radius 3 is 2.56 bits per heavy atom. The van der Waals surface area contributed by atoms with Gasteiger partial charge in [-0.3, -0.25) is 14.9 Å². The van der Waals surface area contributed by atoms with Crippen molar-refractivity contribution in [3.05, 3.63) is 30.1 Å². The zero-order valence-electron chi connectivity index (χ0n) is 8.34. The van der Waals surface area contributed by atoms with E-state index in [1.807, 2.05) is 5.32 Å². The van der Waals surface area contributed by atoms with Gasteiger partial charge in [0.15, 0.2) is 12.4 Å². The van der Waals surface area contributed by atoms with Crippen LogP contribution in [0, 0.1) is 0 Å². The highest BCUT2D eigenvalue weighted by Crippen LogP contribution is 1.91. The summed E-state index contributed by atoms with van der Waals surface area (Å²) in [6, 6.07) is 2.17. The predicted octanol–water partition coefficient (Wildman–Crippen LogP) is -1.73. The Labute approximate surface area is 91.0 Å². The van der Waals surface area contributed by atoms with Gasteiger partial charge in [-0.25, -0.2) is 4.79 Å². The van der Waals surface area contributed by atoms with E-state index in [1.54, 1.807) is 12.3 Å². The first-order valence-electron chi connectivity index (χ1n) is 4.37. The summed E-state index contributed by atoms with van der Waals surface area (Å²) in [6.07, 6.45) is 2.97. The topological polar surface area (TPSA) is 119 Å². The Morgan fingerprint density at radius 2 is 2.00 bits per heavy atom. The van der Waals surface area contributed by atoms with Crippen molar-refractivity contribution in [1.29, 1.82) is 0 Å². The number of aromatic nitrogens is 1. The van der Waals surface area contributed by atoms with Crippen molar-refractivity contribution in [1.82, 2.24) is 5.32 Å². The highest BCUT2D eigenvalue weighted by atomic mass is 16.2. The number of urea groups is 1. The first-order chi connectivity index (χ1) is 7.49. The van der Waals surface area contributed by atoms with Crippen molar-refractivity contribution in [3.8, 4) is 0 Å². The number of amides is 4. The van der Waals surface area contributed by atoms with Crippen LogP contribution < -0.4 is 21.4 Å². The highest BCUT2D eigenvalue weighted by Gasteiger charge is 2.12. The van der Waals surface area contributed by atoms with E-state index in [-0.39, 0.29) is 12.1 Å². The van der Waals surface area contributed by atoms with E-state index in [0.717, 1.165) is 0 Å². The minimum Gasteiger partial charge on any atom is -0.365 e. The van der Waals surface area contributed by atoms with Gasteiger partial charge in [-0.05, 0) is 6.07 Å². The third-order valence-corrected chi connectivity index (χ3v) is 1.73. The van der Waals surface area contributed by atoms with E-state index in [0.29, 0.717) is 0 Å². The summed E-state index contributed by atoms with van der Waals surface area (Å²) in [7, 11) is 0. The summed E-state index contributed by atoms with van der Waals surface area (Å²) in [5.41, 5.74) is 10.1. The minimum absolute atomic E-state index is 0.121. The van der Waals surface area contributed by atoms with E-state index in [9.17, 15) is 14.4 Å². The van der Waals surface area contributed by atoms with Gasteiger partial charge in [-0.1, -0.05) is 0 Å². The number of nitrogens with one attached hydrogen (secondary N) is 1. The summed E-state index contributed by atoms with van der Waals surface area (Å²) >= 11 is 0. The van der Waals surface area contributed by atoms with Crippen LogP contribution in [0.3, 0.4) is 0 Å². The molecule has 0 saturated carbocycles. The average molecular weight is 223 g/mol. The Morgan fingerprint density at radius 1 is 1.31 bits per heavy atom. The number of nitrogens with zero attached hydrogens (tertiary/aromatic N) is 1. The lowest BCUT2D eigenvalue weighted by Crippen LogP contribution is -2.46. The maximum Gasteiger partial charge on any atom is 0.319 e. The molecule has 0 aromatic carbocycles. The van der Waals surface area contributed by atoms with E-state index >= 15 is 0 Å². The van der Waals surface area contributed by atoms with Crippen LogP contribution >= 0.6 is 0 Å². The summed E-state index contributed by atoms with van der Waals surface area (Å²) in [6.45, 7) is -0.121. The van der Waals surface area contributed by atoms with Crippen LogP contribution in [-0.2, 0) is 11.3 Å². The summed E-state index contributed by atoms with van der Waals surface area (Å²) in [4.78, 5) is 32.4. The zero-order chi connectivity index (χ0) is 12.1. The molecule has 0 atom stereocenters. The van der Waals surface area contributed by atoms with Gasteiger partial charge < -0.3 is 11.5 Å². The molecule has 1 aromatic rings. The minimum atomic E-state index is -0.920. The van der Waals surface area contributed by atoms with Crippen molar-refractivity contribution < 1.29 is 19.0 Å². The first-order valence-corrected chi connectivity index (χ1v) is 4.37. The average Bonchev–Trinajstić information content (AvgIpc) is 2.16. The molecule has 0 radical (unpaired) electrons. The van der Waals surface area contributed by atoms with Gasteiger partial charge in [0.25, 0.3) is 11.8 Å². The smallest absolute Gasteiger partial charge is 0.319 e. The second-order valence-electron chi connectivity index (χ2n) is 3.04. The molecule has 0 bridgehead atoms. The molecule has 0 fully saturated rings. The zero-order valence-corrected chi connectivity index (χ0v) is 8.34. The fourth-order valence-electron chi connectivity index (χ4n) is 1.11. The van der Waals surface area contributed by atoms with Gasteiger partial charge >= 0.3 is 6.03 Å². The molecule has 1 aromatic heterocycles. The summed E-state index contributed by atoms with van der Waals surface area (Å²) in [5.74, 6) is -1.16. The summed E-state index contributed by atoms with van der Waals surface area (Å²) in [5, 5.41) is 1.90. The molecule has 16 heavy (non-hydrogen) atoms. The van der Waals surface area contributed by atoms with Gasteiger partial charge in [0.1, 0.15) is 5.56 Å². The number of pyridine rings is 1. The molecule has 1 rings (SSSR count). The molecule has 7 nitrogen and oxygen atoms in total. The number of primary amides is 2. The van der Waals surface area contributed by atoms with E-state index < -0.39 is 17.8 Å². The summed E-state index contributed by atoms with van der Waals surface area (Å²) < 4.78 is 1.42. The third kappa shape index (κ3) is 3.37. The maximum absolute atomic E-state index is 11.2. The Bertz CT molecular complexity index is 444. The Balaban J connectivity index is 2.74. The van der Waals surface area contributed by atoms with E-state index in [2.05, 4.69) is 0 Å². The van der Waals surface area contributed by atoms with E-state index in [4.69, 9.17) is 11.5 Å². The lowest BCUT2D eigenvalue weighted by molar-refractivity contribution is -0.684. The largest absolute Gasteiger partial charge is 0.365 e. The van der Waals surface area contributed by atoms with Gasteiger partial charge in [-0.2, -0.15) is 4.57 Å². The van der Waals surface area contributed by atoms with Gasteiger partial charge in [-0.15, -0.1) is 0 Å². The van der Waals surface area contributed by atoms with Crippen molar-refractivity contribution in [3.63, 3.8) is 0 Å². The van der Waals surface area contributed by atoms with Crippen LogP contribution in [0.4, 0.5) is 4.79 Å². The highest BCUT2D eigenvalue weighted by molar-refractivity contribution is 5.93. The lowest BCUT2D eigenvalue weighted by Gasteiger charge is -1.98. The second-order valence-corrected chi connectivity index (χ2v) is 3.04. The number of carbonyl (C=O) groups is 3. The van der Waals surface area contributed by atoms with Gasteiger partial charge in [0.05, 0.1) is 0 Å².